The van der Waals surface area contributed by atoms with Gasteiger partial charge in [0.05, 0.1) is 17.5 Å². The van der Waals surface area contributed by atoms with Crippen LogP contribution in [0.2, 0.25) is 0 Å². The van der Waals surface area contributed by atoms with Crippen LogP contribution in [0, 0.1) is 0 Å². The van der Waals surface area contributed by atoms with E-state index in [1.807, 2.05) is 31.3 Å². The molecule has 0 spiro atoms. The highest BCUT2D eigenvalue weighted by atomic mass is 19.4. The fourth-order valence-electron chi connectivity index (χ4n) is 3.47. The van der Waals surface area contributed by atoms with Gasteiger partial charge in [0, 0.05) is 30.4 Å². The summed E-state index contributed by atoms with van der Waals surface area (Å²) in [5.74, 6) is 0.479. The summed E-state index contributed by atoms with van der Waals surface area (Å²) in [6.07, 6.45) is -1.27. The molecule has 1 N–H and O–H groups in total. The number of fused-ring (bicyclic) bond motifs is 1. The van der Waals surface area contributed by atoms with E-state index in [-0.39, 0.29) is 11.4 Å². The molecule has 1 amide bonds. The van der Waals surface area contributed by atoms with Gasteiger partial charge in [0.1, 0.15) is 5.75 Å². The van der Waals surface area contributed by atoms with Crippen molar-refractivity contribution >= 4 is 17.4 Å². The predicted octanol–water partition coefficient (Wildman–Crippen LogP) is 5.19. The zero-order valence-corrected chi connectivity index (χ0v) is 18.2. The van der Waals surface area contributed by atoms with E-state index < -0.39 is 17.6 Å². The SMILES string of the molecule is Cn1nccc1-c1cccc(Oc2ccc3nc(NC(=O)c4ccc(C(F)(F)F)cc4)cn3n2)c1. The fourth-order valence-corrected chi connectivity index (χ4v) is 3.47. The molecule has 0 atom stereocenters. The number of rotatable bonds is 5. The van der Waals surface area contributed by atoms with Crippen LogP contribution in [-0.2, 0) is 13.2 Å². The predicted molar refractivity (Wildman–Crippen MR) is 121 cm³/mol. The van der Waals surface area contributed by atoms with Crippen molar-refractivity contribution in [2.24, 2.45) is 7.05 Å². The molecule has 0 radical (unpaired) electrons. The van der Waals surface area contributed by atoms with Crippen LogP contribution in [-0.4, -0.2) is 30.3 Å². The molecule has 11 heteroatoms. The molecule has 0 aliphatic carbocycles. The van der Waals surface area contributed by atoms with Crippen molar-refractivity contribution in [2.45, 2.75) is 6.18 Å². The van der Waals surface area contributed by atoms with Gasteiger partial charge in [-0.25, -0.2) is 9.50 Å². The van der Waals surface area contributed by atoms with Gasteiger partial charge >= 0.3 is 6.18 Å². The number of nitrogens with zero attached hydrogens (tertiary/aromatic N) is 5. The maximum Gasteiger partial charge on any atom is 0.416 e. The molecule has 5 aromatic rings. The van der Waals surface area contributed by atoms with Gasteiger partial charge in [-0.3, -0.25) is 9.48 Å². The lowest BCUT2D eigenvalue weighted by Gasteiger charge is -2.07. The van der Waals surface area contributed by atoms with Crippen molar-refractivity contribution in [2.75, 3.05) is 5.32 Å². The normalized spacial score (nSPS) is 11.5. The summed E-state index contributed by atoms with van der Waals surface area (Å²) in [6, 6.07) is 16.6. The second kappa shape index (κ2) is 8.60. The second-order valence-electron chi connectivity index (χ2n) is 7.60. The lowest BCUT2D eigenvalue weighted by atomic mass is 10.1. The van der Waals surface area contributed by atoms with E-state index in [2.05, 4.69) is 20.5 Å². The summed E-state index contributed by atoms with van der Waals surface area (Å²) in [4.78, 5) is 16.7. The molecular weight excluding hydrogens is 461 g/mol. The molecule has 0 aliphatic rings. The third-order valence-electron chi connectivity index (χ3n) is 5.18. The Morgan fingerprint density at radius 2 is 1.83 bits per heavy atom. The first kappa shape index (κ1) is 22.1. The fraction of sp³-hybridized carbons (Fsp3) is 0.0833. The summed E-state index contributed by atoms with van der Waals surface area (Å²) in [6.45, 7) is 0. The molecule has 5 rings (SSSR count). The third-order valence-corrected chi connectivity index (χ3v) is 5.18. The zero-order valence-electron chi connectivity index (χ0n) is 18.2. The number of hydrogen-bond acceptors (Lipinski definition) is 5. The number of anilines is 1. The van der Waals surface area contributed by atoms with Crippen LogP contribution in [0.15, 0.2) is 79.1 Å². The minimum atomic E-state index is -4.47. The van der Waals surface area contributed by atoms with Crippen LogP contribution in [0.25, 0.3) is 16.9 Å². The number of aryl methyl sites for hydroxylation is 1. The van der Waals surface area contributed by atoms with E-state index >= 15 is 0 Å². The molecule has 8 nitrogen and oxygen atoms in total. The Morgan fingerprint density at radius 3 is 2.54 bits per heavy atom. The summed E-state index contributed by atoms with van der Waals surface area (Å²) in [5.41, 5.74) is 1.55. The Kier molecular flexibility index (Phi) is 5.44. The van der Waals surface area contributed by atoms with Crippen molar-refractivity contribution in [1.29, 1.82) is 0 Å². The third kappa shape index (κ3) is 4.69. The van der Waals surface area contributed by atoms with Crippen LogP contribution in [0.3, 0.4) is 0 Å². The van der Waals surface area contributed by atoms with Gasteiger partial charge < -0.3 is 10.1 Å². The van der Waals surface area contributed by atoms with Crippen molar-refractivity contribution in [3.05, 3.63) is 90.3 Å². The highest BCUT2D eigenvalue weighted by Crippen LogP contribution is 2.29. The van der Waals surface area contributed by atoms with Gasteiger partial charge in [-0.05, 0) is 48.5 Å². The molecule has 3 heterocycles. The van der Waals surface area contributed by atoms with Crippen LogP contribution >= 0.6 is 0 Å². The zero-order chi connectivity index (χ0) is 24.6. The van der Waals surface area contributed by atoms with Crippen LogP contribution in [0.4, 0.5) is 19.0 Å². The number of imidazole rings is 1. The molecule has 2 aromatic carbocycles. The number of alkyl halides is 3. The van der Waals surface area contributed by atoms with Gasteiger partial charge in [-0.2, -0.15) is 18.3 Å². The standard InChI is InChI=1S/C24H17F3N6O2/c1-32-19(11-12-28-32)16-3-2-4-18(13-16)35-22-10-9-21-29-20(14-33(21)31-22)30-23(34)15-5-7-17(8-6-15)24(25,26)27/h2-14H,1H3,(H,30,34). The highest BCUT2D eigenvalue weighted by molar-refractivity contribution is 6.03. The number of nitrogens with one attached hydrogen (secondary N) is 1. The molecule has 0 unspecified atom stereocenters. The Balaban J connectivity index is 1.32. The van der Waals surface area contributed by atoms with Crippen molar-refractivity contribution in [3.8, 4) is 22.9 Å². The number of halogens is 3. The first-order valence-corrected chi connectivity index (χ1v) is 10.4. The average Bonchev–Trinajstić information content (AvgIpc) is 3.43. The molecule has 0 bridgehead atoms. The van der Waals surface area contributed by atoms with Crippen LogP contribution in [0.1, 0.15) is 15.9 Å². The molecule has 0 fully saturated rings. The number of amides is 1. The lowest BCUT2D eigenvalue weighted by Crippen LogP contribution is -2.13. The van der Waals surface area contributed by atoms with E-state index in [4.69, 9.17) is 4.74 Å². The van der Waals surface area contributed by atoms with Gasteiger partial charge in [-0.1, -0.05) is 12.1 Å². The largest absolute Gasteiger partial charge is 0.438 e. The van der Waals surface area contributed by atoms with E-state index in [0.717, 1.165) is 35.5 Å². The number of carbonyl (C=O) groups excluding carboxylic acids is 1. The number of ether oxygens (including phenoxy) is 1. The Bertz CT molecular complexity index is 1520. The van der Waals surface area contributed by atoms with E-state index in [1.165, 1.54) is 10.7 Å². The number of aromatic nitrogens is 5. The van der Waals surface area contributed by atoms with Crippen molar-refractivity contribution < 1.29 is 22.7 Å². The summed E-state index contributed by atoms with van der Waals surface area (Å²) >= 11 is 0. The number of carbonyl (C=O) groups is 1. The summed E-state index contributed by atoms with van der Waals surface area (Å²) in [5, 5.41) is 11.1. The molecule has 0 saturated heterocycles. The first-order valence-electron chi connectivity index (χ1n) is 10.4. The lowest BCUT2D eigenvalue weighted by molar-refractivity contribution is -0.137. The second-order valence-corrected chi connectivity index (χ2v) is 7.60. The Labute approximate surface area is 196 Å². The van der Waals surface area contributed by atoms with E-state index in [9.17, 15) is 18.0 Å². The Hall–Kier alpha value is -4.67. The van der Waals surface area contributed by atoms with Gasteiger partial charge in [0.25, 0.3) is 5.91 Å². The molecule has 0 aliphatic heterocycles. The monoisotopic (exact) mass is 478 g/mol. The topological polar surface area (TPSA) is 86.3 Å². The molecule has 3 aromatic heterocycles. The van der Waals surface area contributed by atoms with Gasteiger partial charge in [0.15, 0.2) is 11.5 Å². The number of hydrogen-bond donors (Lipinski definition) is 1. The maximum atomic E-state index is 12.7. The summed E-state index contributed by atoms with van der Waals surface area (Å²) in [7, 11) is 1.85. The smallest absolute Gasteiger partial charge is 0.416 e. The molecule has 0 saturated carbocycles. The minimum absolute atomic E-state index is 0.0698. The van der Waals surface area contributed by atoms with E-state index in [1.54, 1.807) is 29.1 Å². The van der Waals surface area contributed by atoms with Crippen molar-refractivity contribution in [3.63, 3.8) is 0 Å². The van der Waals surface area contributed by atoms with Gasteiger partial charge in [0.2, 0.25) is 5.88 Å². The first-order chi connectivity index (χ1) is 16.8. The average molecular weight is 478 g/mol. The maximum absolute atomic E-state index is 12.7. The van der Waals surface area contributed by atoms with E-state index in [0.29, 0.717) is 17.3 Å². The molecular formula is C24H17F3N6O2. The number of benzene rings is 2. The van der Waals surface area contributed by atoms with Crippen LogP contribution in [0.5, 0.6) is 11.6 Å². The molecule has 176 valence electrons. The highest BCUT2D eigenvalue weighted by Gasteiger charge is 2.30. The van der Waals surface area contributed by atoms with Crippen LogP contribution < -0.4 is 10.1 Å². The van der Waals surface area contributed by atoms with Gasteiger partial charge in [-0.15, -0.1) is 5.10 Å². The van der Waals surface area contributed by atoms with Crippen molar-refractivity contribution in [1.82, 2.24) is 24.4 Å². The molecule has 35 heavy (non-hydrogen) atoms. The summed E-state index contributed by atoms with van der Waals surface area (Å²) < 4.78 is 47.3. The Morgan fingerprint density at radius 1 is 1.03 bits per heavy atom. The minimum Gasteiger partial charge on any atom is -0.438 e. The quantitative estimate of drug-likeness (QED) is 0.376.